The van der Waals surface area contributed by atoms with Crippen LogP contribution in [0, 0.1) is 51.2 Å². The van der Waals surface area contributed by atoms with Gasteiger partial charge in [-0.3, -0.25) is 9.59 Å². The first-order valence-corrected chi connectivity index (χ1v) is 17.4. The first-order chi connectivity index (χ1) is 20.7. The average Bonchev–Trinajstić information content (AvgIpc) is 2.92. The normalized spacial score (nSPS) is 32.1. The van der Waals surface area contributed by atoms with Crippen molar-refractivity contribution >= 4 is 11.9 Å². The maximum absolute atomic E-state index is 14.1. The highest BCUT2D eigenvalue weighted by Crippen LogP contribution is 2.67. The second kappa shape index (κ2) is 13.3. The van der Waals surface area contributed by atoms with Gasteiger partial charge < -0.3 is 24.4 Å². The van der Waals surface area contributed by atoms with Crippen molar-refractivity contribution in [3.63, 3.8) is 0 Å². The average molecular weight is 649 g/mol. The third kappa shape index (κ3) is 6.27. The molecule has 0 radical (unpaired) electrons. The molecule has 9 atom stereocenters. The van der Waals surface area contributed by atoms with Gasteiger partial charge in [-0.05, 0) is 75.7 Å². The van der Waals surface area contributed by atoms with Crippen LogP contribution in [0.15, 0.2) is 23.8 Å². The minimum absolute atomic E-state index is 0.0772. The van der Waals surface area contributed by atoms with Gasteiger partial charge in [0.2, 0.25) is 0 Å². The second-order valence-corrected chi connectivity index (χ2v) is 17.5. The Balaban J connectivity index is 2.82. The van der Waals surface area contributed by atoms with Crippen LogP contribution < -0.4 is 0 Å². The fourth-order valence-corrected chi connectivity index (χ4v) is 9.70. The van der Waals surface area contributed by atoms with Gasteiger partial charge in [-0.1, -0.05) is 94.4 Å². The summed E-state index contributed by atoms with van der Waals surface area (Å²) in [5.41, 5.74) is -5.17. The Morgan fingerprint density at radius 3 is 1.98 bits per heavy atom. The van der Waals surface area contributed by atoms with Crippen molar-refractivity contribution < 1.29 is 34.0 Å². The predicted molar refractivity (Wildman–Crippen MR) is 185 cm³/mol. The largest absolute Gasteiger partial charge is 0.481 e. The van der Waals surface area contributed by atoms with Crippen molar-refractivity contribution in [1.82, 2.24) is 0 Å². The number of methoxy groups -OCH3 is 2. The van der Waals surface area contributed by atoms with Crippen LogP contribution in [0.4, 0.5) is 0 Å². The van der Waals surface area contributed by atoms with E-state index in [0.29, 0.717) is 18.8 Å². The summed E-state index contributed by atoms with van der Waals surface area (Å²) >= 11 is 0. The summed E-state index contributed by atoms with van der Waals surface area (Å²) in [6.45, 7) is 30.6. The van der Waals surface area contributed by atoms with E-state index in [0.717, 1.165) is 12.0 Å². The van der Waals surface area contributed by atoms with E-state index >= 15 is 0 Å². The highest BCUT2D eigenvalue weighted by atomic mass is 16.6. The molecule has 46 heavy (non-hydrogen) atoms. The Kier molecular flexibility index (Phi) is 11.7. The van der Waals surface area contributed by atoms with Crippen molar-refractivity contribution in [1.29, 1.82) is 0 Å². The third-order valence-electron chi connectivity index (χ3n) is 13.6. The number of carbonyl (C=O) groups excluding carboxylic acids is 1. The van der Waals surface area contributed by atoms with Crippen LogP contribution in [0.1, 0.15) is 123 Å². The Labute approximate surface area is 280 Å². The van der Waals surface area contributed by atoms with E-state index in [-0.39, 0.29) is 29.8 Å². The number of ether oxygens (including phenoxy) is 3. The summed E-state index contributed by atoms with van der Waals surface area (Å²) in [5, 5.41) is 22.5. The number of carbonyl (C=O) groups is 2. The smallest absolute Gasteiger partial charge is 0.309 e. The lowest BCUT2D eigenvalue weighted by Gasteiger charge is -2.66. The molecule has 7 heteroatoms. The third-order valence-corrected chi connectivity index (χ3v) is 13.6. The molecule has 0 fully saturated rings. The Bertz CT molecular complexity index is 1180. The van der Waals surface area contributed by atoms with E-state index in [1.807, 2.05) is 27.7 Å². The molecule has 2 N–H and O–H groups in total. The molecule has 0 aliphatic heterocycles. The summed E-state index contributed by atoms with van der Waals surface area (Å²) < 4.78 is 19.0. The summed E-state index contributed by atoms with van der Waals surface area (Å²) in [5.74, 6) is -1.86. The number of hydrogen-bond donors (Lipinski definition) is 2. The highest BCUT2D eigenvalue weighted by molar-refractivity contribution is 5.73. The lowest BCUT2D eigenvalue weighted by atomic mass is 9.41. The first kappa shape index (κ1) is 40.5. The molecule has 266 valence electrons. The van der Waals surface area contributed by atoms with Gasteiger partial charge in [-0.25, -0.2) is 0 Å². The molecule has 0 aromatic rings. The van der Waals surface area contributed by atoms with Gasteiger partial charge in [0.25, 0.3) is 0 Å². The molecule has 0 spiro atoms. The van der Waals surface area contributed by atoms with Gasteiger partial charge in [-0.15, -0.1) is 0 Å². The fourth-order valence-electron chi connectivity index (χ4n) is 9.70. The lowest BCUT2D eigenvalue weighted by Crippen LogP contribution is -2.69. The Morgan fingerprint density at radius 2 is 1.54 bits per heavy atom. The predicted octanol–water partition coefficient (Wildman–Crippen LogP) is 8.49. The number of fused-ring (bicyclic) bond motifs is 1. The van der Waals surface area contributed by atoms with Gasteiger partial charge in [0.05, 0.1) is 29.1 Å². The second-order valence-electron chi connectivity index (χ2n) is 17.5. The zero-order valence-corrected chi connectivity index (χ0v) is 32.3. The van der Waals surface area contributed by atoms with E-state index in [9.17, 15) is 19.8 Å². The van der Waals surface area contributed by atoms with Gasteiger partial charge >= 0.3 is 11.9 Å². The van der Waals surface area contributed by atoms with Crippen LogP contribution >= 0.6 is 0 Å². The number of aliphatic carboxylic acids is 1. The summed E-state index contributed by atoms with van der Waals surface area (Å²) in [6, 6.07) is 0. The molecular weight excluding hydrogens is 580 g/mol. The number of esters is 1. The van der Waals surface area contributed by atoms with E-state index in [1.165, 1.54) is 7.11 Å². The van der Waals surface area contributed by atoms with E-state index in [2.05, 4.69) is 80.5 Å². The number of carboxylic acid groups (broad SMARTS) is 1. The molecule has 2 unspecified atom stereocenters. The molecule has 7 nitrogen and oxygen atoms in total. The number of aliphatic hydroxyl groups is 1. The molecule has 2 rings (SSSR count). The van der Waals surface area contributed by atoms with Crippen LogP contribution in [0.25, 0.3) is 0 Å². The van der Waals surface area contributed by atoms with E-state index in [4.69, 9.17) is 14.2 Å². The zero-order valence-electron chi connectivity index (χ0n) is 32.3. The SMILES string of the molecule is CC[C@@H](CC(C)C)C(=O)O[C@@]1(C)C(C)(C)C(OC)C=C2C=C[C@H](C)[C@H](C(C)(C)C[C@@](C)(O)C(C)(C)[C@@](C)(OC)C(C)C(=O)O)[C@]21C. The standard InChI is InChI=1S/C39H68O7/c1-18-27(21-24(2)3)32(42)46-39(15)34(8,9)29(44-16)22-28-20-19-25(4)30(37(28,39)13)33(6,7)23-36(12,43)35(10,11)38(14,45-17)26(5)31(40)41/h19-20,22,24-27,29-30,43H,18,21,23H2,1-17H3,(H,40,41)/t25-,26?,27-,29?,30+,36+,37-,38-,39-/m0/s1. The Morgan fingerprint density at radius 1 is 1.00 bits per heavy atom. The highest BCUT2D eigenvalue weighted by Gasteiger charge is 2.69. The van der Waals surface area contributed by atoms with Gasteiger partial charge in [0.15, 0.2) is 0 Å². The first-order valence-electron chi connectivity index (χ1n) is 17.4. The number of carboxylic acids is 1. The van der Waals surface area contributed by atoms with Crippen molar-refractivity contribution in [3.8, 4) is 0 Å². The molecule has 0 saturated heterocycles. The van der Waals surface area contributed by atoms with Crippen LogP contribution in [0.5, 0.6) is 0 Å². The molecule has 0 saturated carbocycles. The van der Waals surface area contributed by atoms with Gasteiger partial charge in [-0.2, -0.15) is 0 Å². The van der Waals surface area contributed by atoms with E-state index < -0.39 is 50.4 Å². The molecule has 2 aliphatic rings. The maximum Gasteiger partial charge on any atom is 0.309 e. The molecule has 0 heterocycles. The number of hydrogen-bond acceptors (Lipinski definition) is 6. The number of rotatable bonds is 14. The van der Waals surface area contributed by atoms with Crippen LogP contribution in [0.2, 0.25) is 0 Å². The summed E-state index contributed by atoms with van der Waals surface area (Å²) in [7, 11) is 3.23. The van der Waals surface area contributed by atoms with Crippen LogP contribution in [-0.2, 0) is 23.8 Å². The fraction of sp³-hybridized carbons (Fsp3) is 0.846. The molecule has 0 bridgehead atoms. The van der Waals surface area contributed by atoms with Gasteiger partial charge in [0, 0.05) is 30.5 Å². The molecule has 0 aromatic carbocycles. The minimum atomic E-state index is -1.34. The van der Waals surface area contributed by atoms with Crippen molar-refractivity contribution in [2.45, 2.75) is 146 Å². The van der Waals surface area contributed by atoms with Crippen molar-refractivity contribution in [2.75, 3.05) is 14.2 Å². The van der Waals surface area contributed by atoms with Crippen LogP contribution in [-0.4, -0.2) is 59.3 Å². The van der Waals surface area contributed by atoms with E-state index in [1.54, 1.807) is 21.0 Å². The van der Waals surface area contributed by atoms with Crippen molar-refractivity contribution in [2.24, 2.45) is 51.2 Å². The minimum Gasteiger partial charge on any atom is -0.481 e. The number of allylic oxidation sites excluding steroid dienone is 2. The molecule has 0 aromatic heterocycles. The molecule has 2 aliphatic carbocycles. The molecule has 0 amide bonds. The Hall–Kier alpha value is -1.70. The summed E-state index contributed by atoms with van der Waals surface area (Å²) in [6.07, 6.45) is 8.13. The summed E-state index contributed by atoms with van der Waals surface area (Å²) in [4.78, 5) is 26.4. The molecular formula is C39H68O7. The van der Waals surface area contributed by atoms with Crippen LogP contribution in [0.3, 0.4) is 0 Å². The topological polar surface area (TPSA) is 102 Å². The van der Waals surface area contributed by atoms with Crippen molar-refractivity contribution in [3.05, 3.63) is 23.8 Å². The quantitative estimate of drug-likeness (QED) is 0.182. The monoisotopic (exact) mass is 648 g/mol. The maximum atomic E-state index is 14.1. The van der Waals surface area contributed by atoms with Gasteiger partial charge in [0.1, 0.15) is 5.60 Å². The lowest BCUT2D eigenvalue weighted by molar-refractivity contribution is -0.245. The zero-order chi connectivity index (χ0) is 36.1.